The lowest BCUT2D eigenvalue weighted by Crippen LogP contribution is -2.43. The minimum absolute atomic E-state index is 0.104. The van der Waals surface area contributed by atoms with Crippen LogP contribution in [0.2, 0.25) is 0 Å². The van der Waals surface area contributed by atoms with E-state index in [1.807, 2.05) is 32.0 Å². The Kier molecular flexibility index (Phi) is 5.76. The first-order valence-corrected chi connectivity index (χ1v) is 11.3. The summed E-state index contributed by atoms with van der Waals surface area (Å²) in [6, 6.07) is 10.5. The van der Waals surface area contributed by atoms with Crippen LogP contribution in [0.4, 0.5) is 0 Å². The van der Waals surface area contributed by atoms with E-state index in [0.29, 0.717) is 5.92 Å². The summed E-state index contributed by atoms with van der Waals surface area (Å²) in [5.74, 6) is 3.35. The zero-order valence-corrected chi connectivity index (χ0v) is 17.8. The van der Waals surface area contributed by atoms with Crippen LogP contribution < -0.4 is 5.32 Å². The highest BCUT2D eigenvalue weighted by atomic mass is 32.2. The molecule has 1 N–H and O–H groups in total. The van der Waals surface area contributed by atoms with Crippen molar-refractivity contribution >= 4 is 17.7 Å². The second-order valence-electron chi connectivity index (χ2n) is 8.50. The summed E-state index contributed by atoms with van der Waals surface area (Å²) >= 11 is 1.50. The van der Waals surface area contributed by atoms with Crippen molar-refractivity contribution < 1.29 is 4.79 Å². The van der Waals surface area contributed by atoms with Crippen LogP contribution in [0.15, 0.2) is 35.5 Å². The molecular formula is C22H30N4OS. The molecule has 1 heterocycles. The lowest BCUT2D eigenvalue weighted by molar-refractivity contribution is -0.121. The van der Waals surface area contributed by atoms with Gasteiger partial charge in [0, 0.05) is 6.04 Å². The van der Waals surface area contributed by atoms with E-state index in [-0.39, 0.29) is 17.2 Å². The number of nitrogens with zero attached hydrogens (tertiary/aromatic N) is 3. The average Bonchev–Trinajstić information content (AvgIpc) is 3.41. The van der Waals surface area contributed by atoms with E-state index in [4.69, 9.17) is 0 Å². The molecule has 1 aromatic heterocycles. The van der Waals surface area contributed by atoms with Gasteiger partial charge < -0.3 is 9.88 Å². The van der Waals surface area contributed by atoms with E-state index in [0.717, 1.165) is 29.4 Å². The first-order chi connectivity index (χ1) is 13.5. The maximum Gasteiger partial charge on any atom is 0.233 e. The second-order valence-corrected chi connectivity index (χ2v) is 9.81. The SMILES string of the molecule is Cc1nnc(SC(C)C(=O)NC(C)C2CC3CCC2C3)n1Cc1ccccc1. The van der Waals surface area contributed by atoms with Gasteiger partial charge in [0.25, 0.3) is 0 Å². The number of aromatic nitrogens is 3. The number of benzene rings is 1. The number of thioether (sulfide) groups is 1. The smallest absolute Gasteiger partial charge is 0.233 e. The van der Waals surface area contributed by atoms with Crippen molar-refractivity contribution in [3.05, 3.63) is 41.7 Å². The van der Waals surface area contributed by atoms with E-state index in [9.17, 15) is 4.79 Å². The Balaban J connectivity index is 1.37. The van der Waals surface area contributed by atoms with Crippen LogP contribution in [0.1, 0.15) is 50.9 Å². The lowest BCUT2D eigenvalue weighted by atomic mass is 9.84. The predicted octanol–water partition coefficient (Wildman–Crippen LogP) is 4.06. The molecule has 5 unspecified atom stereocenters. The molecule has 2 aliphatic rings. The molecule has 2 aliphatic carbocycles. The maximum atomic E-state index is 12.8. The number of amides is 1. The largest absolute Gasteiger partial charge is 0.352 e. The first-order valence-electron chi connectivity index (χ1n) is 10.4. The summed E-state index contributed by atoms with van der Waals surface area (Å²) in [6.07, 6.45) is 5.40. The Morgan fingerprint density at radius 1 is 1.21 bits per heavy atom. The Morgan fingerprint density at radius 2 is 2.00 bits per heavy atom. The van der Waals surface area contributed by atoms with Crippen LogP contribution in [0, 0.1) is 24.7 Å². The molecule has 150 valence electrons. The van der Waals surface area contributed by atoms with E-state index in [2.05, 4.69) is 39.1 Å². The molecular weight excluding hydrogens is 368 g/mol. The Hall–Kier alpha value is -1.82. The normalized spacial score (nSPS) is 25.6. The van der Waals surface area contributed by atoms with Crippen molar-refractivity contribution in [2.45, 2.75) is 69.4 Å². The van der Waals surface area contributed by atoms with E-state index in [1.165, 1.54) is 43.0 Å². The van der Waals surface area contributed by atoms with Gasteiger partial charge in [-0.2, -0.15) is 0 Å². The first kappa shape index (κ1) is 19.5. The number of fused-ring (bicyclic) bond motifs is 2. The molecule has 4 rings (SSSR count). The van der Waals surface area contributed by atoms with E-state index in [1.54, 1.807) is 0 Å². The summed E-state index contributed by atoms with van der Waals surface area (Å²) in [4.78, 5) is 12.8. The fourth-order valence-corrected chi connectivity index (χ4v) is 5.87. The fraction of sp³-hybridized carbons (Fsp3) is 0.591. The topological polar surface area (TPSA) is 59.8 Å². The van der Waals surface area contributed by atoms with Crippen LogP contribution >= 0.6 is 11.8 Å². The number of rotatable bonds is 7. The summed E-state index contributed by atoms with van der Waals surface area (Å²) in [5, 5.41) is 12.4. The average molecular weight is 399 g/mol. The third kappa shape index (κ3) is 4.12. The number of carbonyl (C=O) groups is 1. The van der Waals surface area contributed by atoms with Gasteiger partial charge in [0.05, 0.1) is 11.8 Å². The molecule has 1 aromatic carbocycles. The number of nitrogens with one attached hydrogen (secondary N) is 1. The van der Waals surface area contributed by atoms with E-state index >= 15 is 0 Å². The summed E-state index contributed by atoms with van der Waals surface area (Å²) < 4.78 is 2.09. The van der Waals surface area contributed by atoms with Crippen LogP contribution in [0.25, 0.3) is 0 Å². The highest BCUT2D eigenvalue weighted by Crippen LogP contribution is 2.49. The number of hydrogen-bond acceptors (Lipinski definition) is 4. The summed E-state index contributed by atoms with van der Waals surface area (Å²) in [6.45, 7) is 6.83. The third-order valence-corrected chi connectivity index (χ3v) is 7.62. The molecule has 6 heteroatoms. The Bertz CT molecular complexity index is 821. The Morgan fingerprint density at radius 3 is 2.68 bits per heavy atom. The van der Waals surface area contributed by atoms with E-state index < -0.39 is 0 Å². The van der Waals surface area contributed by atoms with Gasteiger partial charge in [-0.1, -0.05) is 48.5 Å². The molecule has 5 nitrogen and oxygen atoms in total. The van der Waals surface area contributed by atoms with Crippen LogP contribution in [-0.2, 0) is 11.3 Å². The zero-order chi connectivity index (χ0) is 19.7. The van der Waals surface area contributed by atoms with Crippen LogP contribution in [0.5, 0.6) is 0 Å². The van der Waals surface area contributed by atoms with Gasteiger partial charge in [0.2, 0.25) is 5.91 Å². The summed E-state index contributed by atoms with van der Waals surface area (Å²) in [7, 11) is 0. The third-order valence-electron chi connectivity index (χ3n) is 6.54. The van der Waals surface area contributed by atoms with Crippen molar-refractivity contribution in [1.29, 1.82) is 0 Å². The van der Waals surface area contributed by atoms with Gasteiger partial charge in [0.15, 0.2) is 5.16 Å². The van der Waals surface area contributed by atoms with Gasteiger partial charge in [-0.05, 0) is 63.4 Å². The molecule has 2 saturated carbocycles. The van der Waals surface area contributed by atoms with Gasteiger partial charge >= 0.3 is 0 Å². The molecule has 0 radical (unpaired) electrons. The number of carbonyl (C=O) groups excluding carboxylic acids is 1. The van der Waals surface area contributed by atoms with Crippen molar-refractivity contribution in [3.8, 4) is 0 Å². The standard InChI is InChI=1S/C22H30N4OS/c1-14(20-12-18-9-10-19(20)11-18)23-21(27)15(2)28-22-25-24-16(3)26(22)13-17-7-5-4-6-8-17/h4-8,14-15,18-20H,9-13H2,1-3H3,(H,23,27). The van der Waals surface area contributed by atoms with Crippen molar-refractivity contribution in [1.82, 2.24) is 20.1 Å². The van der Waals surface area contributed by atoms with Gasteiger partial charge in [0.1, 0.15) is 5.82 Å². The molecule has 2 bridgehead atoms. The quantitative estimate of drug-likeness (QED) is 0.715. The molecule has 0 aliphatic heterocycles. The molecule has 5 atom stereocenters. The van der Waals surface area contributed by atoms with Gasteiger partial charge in [-0.3, -0.25) is 4.79 Å². The molecule has 0 spiro atoms. The predicted molar refractivity (Wildman–Crippen MR) is 112 cm³/mol. The van der Waals surface area contributed by atoms with Gasteiger partial charge in [-0.15, -0.1) is 10.2 Å². The molecule has 0 saturated heterocycles. The number of hydrogen-bond donors (Lipinski definition) is 1. The minimum atomic E-state index is -0.195. The molecule has 2 aromatic rings. The van der Waals surface area contributed by atoms with Crippen molar-refractivity contribution in [2.75, 3.05) is 0 Å². The zero-order valence-electron chi connectivity index (χ0n) is 17.0. The lowest BCUT2D eigenvalue weighted by Gasteiger charge is -2.29. The highest BCUT2D eigenvalue weighted by molar-refractivity contribution is 8.00. The summed E-state index contributed by atoms with van der Waals surface area (Å²) in [5.41, 5.74) is 1.20. The van der Waals surface area contributed by atoms with Crippen LogP contribution in [0.3, 0.4) is 0 Å². The highest BCUT2D eigenvalue weighted by Gasteiger charge is 2.42. The van der Waals surface area contributed by atoms with Crippen molar-refractivity contribution in [2.24, 2.45) is 17.8 Å². The molecule has 1 amide bonds. The minimum Gasteiger partial charge on any atom is -0.352 e. The maximum absolute atomic E-state index is 12.8. The van der Waals surface area contributed by atoms with Crippen LogP contribution in [-0.4, -0.2) is 32.0 Å². The fourth-order valence-electron chi connectivity index (χ4n) is 4.96. The Labute approximate surface area is 171 Å². The monoisotopic (exact) mass is 398 g/mol. The molecule has 28 heavy (non-hydrogen) atoms. The second kappa shape index (κ2) is 8.27. The van der Waals surface area contributed by atoms with Gasteiger partial charge in [-0.25, -0.2) is 0 Å². The van der Waals surface area contributed by atoms with Crippen molar-refractivity contribution in [3.63, 3.8) is 0 Å². The molecule has 2 fully saturated rings. The number of aryl methyl sites for hydroxylation is 1.